The maximum Gasteiger partial charge on any atom is 0.204 e. The fraction of sp³-hybridized carbons (Fsp3) is 0.714. The highest BCUT2D eigenvalue weighted by atomic mass is 16.5. The molecule has 2 atom stereocenters. The molecular weight excluding hydrogens is 254 g/mol. The molecule has 0 aromatic carbocycles. The number of nitrogens with zero attached hydrogens (tertiary/aromatic N) is 4. The van der Waals surface area contributed by atoms with Crippen LogP contribution < -0.4 is 15.0 Å². The first-order valence-electron chi connectivity index (χ1n) is 7.32. The van der Waals surface area contributed by atoms with Gasteiger partial charge < -0.3 is 15.0 Å². The molecule has 2 aliphatic rings. The second-order valence-corrected chi connectivity index (χ2v) is 5.62. The smallest absolute Gasteiger partial charge is 0.204 e. The van der Waals surface area contributed by atoms with E-state index < -0.39 is 0 Å². The molecule has 2 saturated heterocycles. The Balaban J connectivity index is 1.91. The molecule has 0 saturated carbocycles. The van der Waals surface area contributed by atoms with Crippen molar-refractivity contribution in [3.63, 3.8) is 0 Å². The number of hydrogen-bond acceptors (Lipinski definition) is 6. The Morgan fingerprint density at radius 3 is 2.95 bits per heavy atom. The number of fused-ring (bicyclic) bond motifs is 1. The Bertz CT molecular complexity index is 481. The van der Waals surface area contributed by atoms with Crippen molar-refractivity contribution < 1.29 is 4.74 Å². The molecule has 3 rings (SSSR count). The third kappa shape index (κ3) is 2.18. The van der Waals surface area contributed by atoms with E-state index in [0.29, 0.717) is 12.1 Å². The summed E-state index contributed by atoms with van der Waals surface area (Å²) < 4.78 is 5.54. The van der Waals surface area contributed by atoms with Gasteiger partial charge in [-0.25, -0.2) is 9.97 Å². The van der Waals surface area contributed by atoms with Gasteiger partial charge in [-0.2, -0.15) is 0 Å². The molecule has 2 fully saturated rings. The molecule has 6 heteroatoms. The van der Waals surface area contributed by atoms with Crippen molar-refractivity contribution in [3.8, 4) is 5.75 Å². The zero-order valence-corrected chi connectivity index (χ0v) is 12.5. The predicted molar refractivity (Wildman–Crippen MR) is 79.5 cm³/mol. The third-order valence-electron chi connectivity index (χ3n) is 4.44. The molecule has 0 bridgehead atoms. The van der Waals surface area contributed by atoms with Gasteiger partial charge >= 0.3 is 0 Å². The van der Waals surface area contributed by atoms with Gasteiger partial charge in [0.25, 0.3) is 0 Å². The number of nitrogens with one attached hydrogen (secondary N) is 1. The quantitative estimate of drug-likeness (QED) is 0.896. The van der Waals surface area contributed by atoms with Crippen molar-refractivity contribution in [3.05, 3.63) is 6.33 Å². The molecular formula is C14H23N5O. The Labute approximate surface area is 120 Å². The second kappa shape index (κ2) is 5.44. The minimum atomic E-state index is 0.442. The van der Waals surface area contributed by atoms with E-state index in [1.807, 2.05) is 7.05 Å². The van der Waals surface area contributed by atoms with Crippen molar-refractivity contribution in [2.45, 2.75) is 31.8 Å². The maximum absolute atomic E-state index is 5.54. The fourth-order valence-corrected chi connectivity index (χ4v) is 3.42. The summed E-state index contributed by atoms with van der Waals surface area (Å²) in [5.41, 5.74) is 0. The number of aromatic nitrogens is 2. The Hall–Kier alpha value is -1.56. The first kappa shape index (κ1) is 13.4. The number of methoxy groups -OCH3 is 1. The van der Waals surface area contributed by atoms with Gasteiger partial charge in [-0.3, -0.25) is 4.90 Å². The molecule has 0 amide bonds. The van der Waals surface area contributed by atoms with Crippen LogP contribution in [0.5, 0.6) is 5.75 Å². The van der Waals surface area contributed by atoms with Crippen LogP contribution in [0.4, 0.5) is 11.6 Å². The SMILES string of the molecule is CNc1ncnc(N2CC3CCCN3CC2C)c1OC. The fourth-order valence-electron chi connectivity index (χ4n) is 3.42. The summed E-state index contributed by atoms with van der Waals surface area (Å²) in [6.07, 6.45) is 4.21. The maximum atomic E-state index is 5.54. The summed E-state index contributed by atoms with van der Waals surface area (Å²) >= 11 is 0. The molecule has 0 radical (unpaired) electrons. The molecule has 2 aliphatic heterocycles. The molecule has 20 heavy (non-hydrogen) atoms. The molecule has 1 aromatic rings. The largest absolute Gasteiger partial charge is 0.490 e. The van der Waals surface area contributed by atoms with Crippen molar-refractivity contribution >= 4 is 11.6 Å². The van der Waals surface area contributed by atoms with E-state index in [9.17, 15) is 0 Å². The number of rotatable bonds is 3. The molecule has 0 spiro atoms. The summed E-state index contributed by atoms with van der Waals surface area (Å²) in [5, 5.41) is 3.07. The van der Waals surface area contributed by atoms with Gasteiger partial charge in [-0.1, -0.05) is 0 Å². The van der Waals surface area contributed by atoms with Crippen LogP contribution in [0.25, 0.3) is 0 Å². The predicted octanol–water partition coefficient (Wildman–Crippen LogP) is 1.20. The van der Waals surface area contributed by atoms with Gasteiger partial charge in [-0.05, 0) is 26.3 Å². The van der Waals surface area contributed by atoms with Gasteiger partial charge in [0.05, 0.1) is 7.11 Å². The lowest BCUT2D eigenvalue weighted by atomic mass is 10.1. The molecule has 3 heterocycles. The monoisotopic (exact) mass is 277 g/mol. The highest BCUT2D eigenvalue weighted by molar-refractivity contribution is 5.65. The minimum Gasteiger partial charge on any atom is -0.490 e. The van der Waals surface area contributed by atoms with Gasteiger partial charge in [-0.15, -0.1) is 0 Å². The van der Waals surface area contributed by atoms with Gasteiger partial charge in [0.15, 0.2) is 11.6 Å². The lowest BCUT2D eigenvalue weighted by molar-refractivity contribution is 0.201. The standard InChI is InChI=1S/C14H23N5O/c1-10-7-18-6-4-5-11(18)8-19(10)14-12(20-3)13(15-2)16-9-17-14/h9-11H,4-8H2,1-3H3,(H,15,16,17). The highest BCUT2D eigenvalue weighted by Gasteiger charge is 2.36. The number of hydrogen-bond donors (Lipinski definition) is 1. The Morgan fingerprint density at radius 1 is 1.35 bits per heavy atom. The van der Waals surface area contributed by atoms with E-state index in [2.05, 4.69) is 32.0 Å². The van der Waals surface area contributed by atoms with Crippen LogP contribution in [-0.4, -0.2) is 60.7 Å². The molecule has 1 N–H and O–H groups in total. The molecule has 110 valence electrons. The highest BCUT2D eigenvalue weighted by Crippen LogP contribution is 2.35. The van der Waals surface area contributed by atoms with Gasteiger partial charge in [0.1, 0.15) is 6.33 Å². The Kier molecular flexibility index (Phi) is 3.65. The lowest BCUT2D eigenvalue weighted by Gasteiger charge is -2.43. The van der Waals surface area contributed by atoms with Crippen LogP contribution in [0.3, 0.4) is 0 Å². The van der Waals surface area contributed by atoms with E-state index in [-0.39, 0.29) is 0 Å². The van der Waals surface area contributed by atoms with E-state index >= 15 is 0 Å². The summed E-state index contributed by atoms with van der Waals surface area (Å²) in [6, 6.07) is 1.10. The zero-order chi connectivity index (χ0) is 14.1. The van der Waals surface area contributed by atoms with Crippen molar-refractivity contribution in [1.82, 2.24) is 14.9 Å². The summed E-state index contributed by atoms with van der Waals surface area (Å²) in [5.74, 6) is 2.40. The minimum absolute atomic E-state index is 0.442. The average molecular weight is 277 g/mol. The summed E-state index contributed by atoms with van der Waals surface area (Å²) in [7, 11) is 3.53. The van der Waals surface area contributed by atoms with Crippen molar-refractivity contribution in [1.29, 1.82) is 0 Å². The molecule has 1 aromatic heterocycles. The van der Waals surface area contributed by atoms with Gasteiger partial charge in [0.2, 0.25) is 5.75 Å². The zero-order valence-electron chi connectivity index (χ0n) is 12.5. The van der Waals surface area contributed by atoms with E-state index in [1.54, 1.807) is 13.4 Å². The molecule has 0 aliphatic carbocycles. The van der Waals surface area contributed by atoms with Crippen LogP contribution in [0.15, 0.2) is 6.33 Å². The first-order valence-corrected chi connectivity index (χ1v) is 7.32. The van der Waals surface area contributed by atoms with Crippen LogP contribution in [0, 0.1) is 0 Å². The normalized spacial score (nSPS) is 26.4. The van der Waals surface area contributed by atoms with E-state index in [0.717, 1.165) is 30.5 Å². The number of piperazine rings is 1. The summed E-state index contributed by atoms with van der Waals surface area (Å²) in [4.78, 5) is 13.7. The van der Waals surface area contributed by atoms with Crippen molar-refractivity contribution in [2.24, 2.45) is 0 Å². The van der Waals surface area contributed by atoms with Crippen molar-refractivity contribution in [2.75, 3.05) is 44.0 Å². The molecule has 2 unspecified atom stereocenters. The second-order valence-electron chi connectivity index (χ2n) is 5.62. The lowest BCUT2D eigenvalue weighted by Crippen LogP contribution is -2.55. The van der Waals surface area contributed by atoms with Crippen LogP contribution in [-0.2, 0) is 0 Å². The summed E-state index contributed by atoms with van der Waals surface area (Å²) in [6.45, 7) is 5.63. The van der Waals surface area contributed by atoms with Crippen LogP contribution >= 0.6 is 0 Å². The van der Waals surface area contributed by atoms with E-state index in [4.69, 9.17) is 4.74 Å². The van der Waals surface area contributed by atoms with Crippen LogP contribution in [0.2, 0.25) is 0 Å². The number of ether oxygens (including phenoxy) is 1. The molecule has 6 nitrogen and oxygen atoms in total. The number of anilines is 2. The topological polar surface area (TPSA) is 53.5 Å². The van der Waals surface area contributed by atoms with Crippen LogP contribution in [0.1, 0.15) is 19.8 Å². The average Bonchev–Trinajstić information content (AvgIpc) is 2.92. The Morgan fingerprint density at radius 2 is 2.20 bits per heavy atom. The van der Waals surface area contributed by atoms with E-state index in [1.165, 1.54) is 19.4 Å². The third-order valence-corrected chi connectivity index (χ3v) is 4.44. The first-order chi connectivity index (χ1) is 9.74. The van der Waals surface area contributed by atoms with Gasteiger partial charge in [0, 0.05) is 32.2 Å².